The second-order valence-electron chi connectivity index (χ2n) is 5.35. The molecule has 0 atom stereocenters. The smallest absolute Gasteiger partial charge is 0.343 e. The Hall–Kier alpha value is -1.80. The van der Waals surface area contributed by atoms with E-state index in [2.05, 4.69) is 6.92 Å². The van der Waals surface area contributed by atoms with E-state index in [1.807, 2.05) is 24.3 Å². The number of halogens is 1. The highest BCUT2D eigenvalue weighted by atomic mass is 35.5. The standard InChI is InChI=1S/C19H21ClO2/c1-2-3-4-5-6-15-7-9-16(10-8-15)19(21)22-18-13-11-17(20)12-14-18/h7-14H,2-6H2,1H3. The van der Waals surface area contributed by atoms with Crippen LogP contribution < -0.4 is 4.74 Å². The van der Waals surface area contributed by atoms with Crippen LogP contribution >= 0.6 is 11.6 Å². The quantitative estimate of drug-likeness (QED) is 0.373. The zero-order valence-corrected chi connectivity index (χ0v) is 13.6. The first-order valence-corrected chi connectivity index (χ1v) is 8.13. The van der Waals surface area contributed by atoms with Crippen LogP contribution in [0.1, 0.15) is 48.5 Å². The molecule has 0 aliphatic carbocycles. The van der Waals surface area contributed by atoms with Crippen LogP contribution in [-0.4, -0.2) is 5.97 Å². The average molecular weight is 317 g/mol. The molecule has 2 rings (SSSR count). The molecule has 0 unspecified atom stereocenters. The van der Waals surface area contributed by atoms with E-state index < -0.39 is 0 Å². The Bertz CT molecular complexity index is 588. The number of esters is 1. The maximum atomic E-state index is 12.1. The van der Waals surface area contributed by atoms with E-state index in [0.29, 0.717) is 16.3 Å². The van der Waals surface area contributed by atoms with Gasteiger partial charge in [-0.05, 0) is 54.8 Å². The number of benzene rings is 2. The van der Waals surface area contributed by atoms with Gasteiger partial charge in [0.25, 0.3) is 0 Å². The fraction of sp³-hybridized carbons (Fsp3) is 0.316. The molecule has 3 heteroatoms. The highest BCUT2D eigenvalue weighted by Crippen LogP contribution is 2.17. The first-order valence-electron chi connectivity index (χ1n) is 7.75. The molecule has 0 saturated carbocycles. The van der Waals surface area contributed by atoms with E-state index in [9.17, 15) is 4.79 Å². The molecule has 116 valence electrons. The number of hydrogen-bond donors (Lipinski definition) is 0. The summed E-state index contributed by atoms with van der Waals surface area (Å²) >= 11 is 5.80. The summed E-state index contributed by atoms with van der Waals surface area (Å²) in [5.41, 5.74) is 1.83. The number of ether oxygens (including phenoxy) is 1. The lowest BCUT2D eigenvalue weighted by Gasteiger charge is -2.06. The van der Waals surface area contributed by atoms with Crippen LogP contribution in [0.15, 0.2) is 48.5 Å². The van der Waals surface area contributed by atoms with Crippen molar-refractivity contribution < 1.29 is 9.53 Å². The van der Waals surface area contributed by atoms with Gasteiger partial charge in [-0.3, -0.25) is 0 Å². The molecule has 0 fully saturated rings. The topological polar surface area (TPSA) is 26.3 Å². The zero-order chi connectivity index (χ0) is 15.8. The summed E-state index contributed by atoms with van der Waals surface area (Å²) in [4.78, 5) is 12.1. The lowest BCUT2D eigenvalue weighted by molar-refractivity contribution is 0.0735. The molecule has 22 heavy (non-hydrogen) atoms. The average Bonchev–Trinajstić information content (AvgIpc) is 2.54. The number of carbonyl (C=O) groups is 1. The maximum absolute atomic E-state index is 12.1. The molecule has 0 aliphatic heterocycles. The molecule has 2 nitrogen and oxygen atoms in total. The molecule has 0 aromatic heterocycles. The van der Waals surface area contributed by atoms with Gasteiger partial charge in [-0.15, -0.1) is 0 Å². The monoisotopic (exact) mass is 316 g/mol. The normalized spacial score (nSPS) is 10.5. The molecule has 0 radical (unpaired) electrons. The third-order valence-corrected chi connectivity index (χ3v) is 3.78. The van der Waals surface area contributed by atoms with Gasteiger partial charge in [0.1, 0.15) is 5.75 Å². The SMILES string of the molecule is CCCCCCc1ccc(C(=O)Oc2ccc(Cl)cc2)cc1. The number of carbonyl (C=O) groups excluding carboxylic acids is 1. The van der Waals surface area contributed by atoms with Crippen molar-refractivity contribution in [1.29, 1.82) is 0 Å². The van der Waals surface area contributed by atoms with Crippen molar-refractivity contribution in [3.8, 4) is 5.75 Å². The van der Waals surface area contributed by atoms with Crippen molar-refractivity contribution in [2.75, 3.05) is 0 Å². The fourth-order valence-corrected chi connectivity index (χ4v) is 2.36. The molecule has 0 amide bonds. The number of aryl methyl sites for hydroxylation is 1. The molecule has 0 N–H and O–H groups in total. The molecule has 2 aromatic carbocycles. The van der Waals surface area contributed by atoms with Gasteiger partial charge in [-0.2, -0.15) is 0 Å². The predicted molar refractivity (Wildman–Crippen MR) is 90.7 cm³/mol. The van der Waals surface area contributed by atoms with Gasteiger partial charge in [0, 0.05) is 5.02 Å². The van der Waals surface area contributed by atoms with Crippen molar-refractivity contribution in [3.05, 3.63) is 64.7 Å². The Labute approximate surface area is 137 Å². The van der Waals surface area contributed by atoms with Crippen LogP contribution in [0.3, 0.4) is 0 Å². The van der Waals surface area contributed by atoms with Crippen LogP contribution in [0.2, 0.25) is 5.02 Å². The largest absolute Gasteiger partial charge is 0.423 e. The molecule has 0 saturated heterocycles. The van der Waals surface area contributed by atoms with Crippen molar-refractivity contribution in [2.24, 2.45) is 0 Å². The third kappa shape index (κ3) is 5.19. The minimum atomic E-state index is -0.347. The van der Waals surface area contributed by atoms with Gasteiger partial charge in [0.2, 0.25) is 0 Å². The van der Waals surface area contributed by atoms with Gasteiger partial charge in [0.05, 0.1) is 5.56 Å². The summed E-state index contributed by atoms with van der Waals surface area (Å²) in [5, 5.41) is 0.618. The Kier molecular flexibility index (Phi) is 6.47. The van der Waals surface area contributed by atoms with Crippen molar-refractivity contribution in [2.45, 2.75) is 39.0 Å². The fourth-order valence-electron chi connectivity index (χ4n) is 2.23. The lowest BCUT2D eigenvalue weighted by Crippen LogP contribution is -2.08. The first kappa shape index (κ1) is 16.6. The van der Waals surface area contributed by atoms with Crippen LogP contribution in [0.25, 0.3) is 0 Å². The van der Waals surface area contributed by atoms with Crippen molar-refractivity contribution >= 4 is 17.6 Å². The van der Waals surface area contributed by atoms with Crippen LogP contribution in [0, 0.1) is 0 Å². The van der Waals surface area contributed by atoms with Crippen molar-refractivity contribution in [3.63, 3.8) is 0 Å². The summed E-state index contributed by atoms with van der Waals surface area (Å²) in [7, 11) is 0. The van der Waals surface area contributed by atoms with E-state index in [0.717, 1.165) is 6.42 Å². The second-order valence-corrected chi connectivity index (χ2v) is 5.79. The number of unbranched alkanes of at least 4 members (excludes halogenated alkanes) is 3. The highest BCUT2D eigenvalue weighted by molar-refractivity contribution is 6.30. The van der Waals surface area contributed by atoms with Gasteiger partial charge in [0.15, 0.2) is 0 Å². The van der Waals surface area contributed by atoms with Crippen LogP contribution in [0.5, 0.6) is 5.75 Å². The Morgan fingerprint density at radius 2 is 1.64 bits per heavy atom. The minimum absolute atomic E-state index is 0.347. The lowest BCUT2D eigenvalue weighted by atomic mass is 10.0. The van der Waals surface area contributed by atoms with E-state index in [1.54, 1.807) is 24.3 Å². The summed E-state index contributed by atoms with van der Waals surface area (Å²) in [6, 6.07) is 14.4. The molecule has 0 spiro atoms. The summed E-state index contributed by atoms with van der Waals surface area (Å²) < 4.78 is 5.31. The first-order chi connectivity index (χ1) is 10.7. The Morgan fingerprint density at radius 3 is 2.27 bits per heavy atom. The van der Waals surface area contributed by atoms with Crippen molar-refractivity contribution in [1.82, 2.24) is 0 Å². The summed E-state index contributed by atoms with van der Waals surface area (Å²) in [5.74, 6) is 0.151. The van der Waals surface area contributed by atoms with Crippen LogP contribution in [-0.2, 0) is 6.42 Å². The van der Waals surface area contributed by atoms with E-state index in [-0.39, 0.29) is 5.97 Å². The third-order valence-electron chi connectivity index (χ3n) is 3.53. The van der Waals surface area contributed by atoms with Gasteiger partial charge < -0.3 is 4.74 Å². The summed E-state index contributed by atoms with van der Waals surface area (Å²) in [6.45, 7) is 2.21. The second kappa shape index (κ2) is 8.60. The number of hydrogen-bond acceptors (Lipinski definition) is 2. The maximum Gasteiger partial charge on any atom is 0.343 e. The van der Waals surface area contributed by atoms with Gasteiger partial charge in [-0.1, -0.05) is 49.9 Å². The molecule has 0 heterocycles. The number of rotatable bonds is 7. The molecular weight excluding hydrogens is 296 g/mol. The predicted octanol–water partition coefficient (Wildman–Crippen LogP) is 5.68. The van der Waals surface area contributed by atoms with E-state index in [4.69, 9.17) is 16.3 Å². The molecule has 0 aliphatic rings. The van der Waals surface area contributed by atoms with E-state index >= 15 is 0 Å². The Morgan fingerprint density at radius 1 is 0.955 bits per heavy atom. The highest BCUT2D eigenvalue weighted by Gasteiger charge is 2.08. The van der Waals surface area contributed by atoms with E-state index in [1.165, 1.54) is 31.2 Å². The molecule has 2 aromatic rings. The summed E-state index contributed by atoms with van der Waals surface area (Å²) in [6.07, 6.45) is 6.05. The van der Waals surface area contributed by atoms with Gasteiger partial charge in [-0.25, -0.2) is 4.79 Å². The molecular formula is C19H21ClO2. The van der Waals surface area contributed by atoms with Crippen LogP contribution in [0.4, 0.5) is 0 Å². The zero-order valence-electron chi connectivity index (χ0n) is 12.8. The van der Waals surface area contributed by atoms with Gasteiger partial charge >= 0.3 is 5.97 Å². The minimum Gasteiger partial charge on any atom is -0.423 e. The molecule has 0 bridgehead atoms. The Balaban J connectivity index is 1.89.